The third-order valence-electron chi connectivity index (χ3n) is 3.28. The fraction of sp³-hybridized carbons (Fsp3) is 0.846. The maximum Gasteiger partial charge on any atom is 0.245 e. The van der Waals surface area contributed by atoms with Crippen LogP contribution in [0.4, 0.5) is 0 Å². The summed E-state index contributed by atoms with van der Waals surface area (Å²) in [6.45, 7) is 6.06. The second kappa shape index (κ2) is 5.69. The van der Waals surface area contributed by atoms with Gasteiger partial charge in [0.2, 0.25) is 11.8 Å². The Balaban J connectivity index is 1.79. The van der Waals surface area contributed by atoms with Crippen LogP contribution in [0, 0.1) is 11.8 Å². The topological polar surface area (TPSA) is 58.6 Å². The predicted molar refractivity (Wildman–Crippen MR) is 66.9 cm³/mol. The van der Waals surface area contributed by atoms with Crippen molar-refractivity contribution in [1.29, 1.82) is 0 Å². The molecule has 2 rings (SSSR count). The van der Waals surface area contributed by atoms with Crippen molar-refractivity contribution in [2.24, 2.45) is 11.8 Å². The molecule has 1 saturated carbocycles. The number of ether oxygens (including phenoxy) is 1. The van der Waals surface area contributed by atoms with Crippen molar-refractivity contribution in [2.45, 2.75) is 32.7 Å². The smallest absolute Gasteiger partial charge is 0.245 e. The third-order valence-corrected chi connectivity index (χ3v) is 3.28. The zero-order valence-electron chi connectivity index (χ0n) is 11.1. The predicted octanol–water partition coefficient (Wildman–Crippen LogP) is 0.396. The van der Waals surface area contributed by atoms with Gasteiger partial charge in [0.15, 0.2) is 0 Å². The molecule has 1 saturated heterocycles. The van der Waals surface area contributed by atoms with Crippen LogP contribution in [0.5, 0.6) is 0 Å². The van der Waals surface area contributed by atoms with Crippen LogP contribution >= 0.6 is 0 Å². The highest BCUT2D eigenvalue weighted by Gasteiger charge is 2.42. The first-order valence-electron chi connectivity index (χ1n) is 6.74. The van der Waals surface area contributed by atoms with Gasteiger partial charge in [0, 0.05) is 13.2 Å². The van der Waals surface area contributed by atoms with Crippen LogP contribution in [-0.2, 0) is 14.3 Å². The summed E-state index contributed by atoms with van der Waals surface area (Å²) >= 11 is 0. The zero-order chi connectivity index (χ0) is 13.1. The van der Waals surface area contributed by atoms with E-state index < -0.39 is 0 Å². The highest BCUT2D eigenvalue weighted by molar-refractivity contribution is 5.95. The number of hydrogen-bond acceptors (Lipinski definition) is 3. The first kappa shape index (κ1) is 13.3. The number of rotatable bonds is 6. The Morgan fingerprint density at radius 3 is 2.72 bits per heavy atom. The molecule has 0 aromatic heterocycles. The molecule has 0 aromatic rings. The molecule has 1 heterocycles. The molecule has 2 aliphatic rings. The summed E-state index contributed by atoms with van der Waals surface area (Å²) in [6.07, 6.45) is 2.10. The normalized spacial score (nSPS) is 24.6. The average Bonchev–Trinajstić information content (AvgIpc) is 3.12. The summed E-state index contributed by atoms with van der Waals surface area (Å²) in [5.74, 6) is 0.867. The Morgan fingerprint density at radius 1 is 1.39 bits per heavy atom. The van der Waals surface area contributed by atoms with Crippen LogP contribution in [0.2, 0.25) is 0 Å². The Morgan fingerprint density at radius 2 is 2.11 bits per heavy atom. The van der Waals surface area contributed by atoms with E-state index in [2.05, 4.69) is 19.2 Å². The standard InChI is InChI=1S/C13H22N2O3/c1-9(2)8-18-6-5-15-7-11(16)14-12(13(15)17)10-3-4-10/h9-10,12H,3-8H2,1-2H3,(H,14,16). The van der Waals surface area contributed by atoms with Crippen LogP contribution in [0.15, 0.2) is 0 Å². The molecule has 2 amide bonds. The van der Waals surface area contributed by atoms with E-state index in [1.165, 1.54) is 0 Å². The summed E-state index contributed by atoms with van der Waals surface area (Å²) in [5, 5.41) is 2.80. The van der Waals surface area contributed by atoms with E-state index in [-0.39, 0.29) is 24.4 Å². The van der Waals surface area contributed by atoms with Gasteiger partial charge in [0.25, 0.3) is 0 Å². The molecule has 18 heavy (non-hydrogen) atoms. The Hall–Kier alpha value is -1.10. The van der Waals surface area contributed by atoms with E-state index in [1.54, 1.807) is 4.90 Å². The van der Waals surface area contributed by atoms with Crippen LogP contribution in [-0.4, -0.2) is 49.1 Å². The van der Waals surface area contributed by atoms with E-state index in [0.717, 1.165) is 12.8 Å². The lowest BCUT2D eigenvalue weighted by atomic mass is 10.1. The van der Waals surface area contributed by atoms with Gasteiger partial charge in [-0.2, -0.15) is 0 Å². The van der Waals surface area contributed by atoms with Crippen LogP contribution < -0.4 is 5.32 Å². The van der Waals surface area contributed by atoms with Crippen molar-refractivity contribution >= 4 is 11.8 Å². The number of nitrogens with one attached hydrogen (secondary N) is 1. The first-order valence-corrected chi connectivity index (χ1v) is 6.74. The van der Waals surface area contributed by atoms with Gasteiger partial charge in [-0.05, 0) is 24.7 Å². The molecule has 1 atom stereocenters. The number of hydrogen-bond donors (Lipinski definition) is 1. The molecular weight excluding hydrogens is 232 g/mol. The quantitative estimate of drug-likeness (QED) is 0.698. The van der Waals surface area contributed by atoms with E-state index in [1.807, 2.05) is 0 Å². The van der Waals surface area contributed by atoms with Gasteiger partial charge in [0.1, 0.15) is 6.04 Å². The molecule has 102 valence electrons. The summed E-state index contributed by atoms with van der Waals surface area (Å²) in [5.41, 5.74) is 0. The number of carbonyl (C=O) groups is 2. The fourth-order valence-corrected chi connectivity index (χ4v) is 2.16. The molecule has 1 aliphatic heterocycles. The molecule has 0 radical (unpaired) electrons. The van der Waals surface area contributed by atoms with Gasteiger partial charge in [-0.25, -0.2) is 0 Å². The van der Waals surface area contributed by atoms with Gasteiger partial charge in [-0.15, -0.1) is 0 Å². The van der Waals surface area contributed by atoms with Gasteiger partial charge in [-0.1, -0.05) is 13.8 Å². The second-order valence-electron chi connectivity index (χ2n) is 5.61. The molecule has 1 N–H and O–H groups in total. The summed E-state index contributed by atoms with van der Waals surface area (Å²) in [7, 11) is 0. The molecule has 1 unspecified atom stereocenters. The van der Waals surface area contributed by atoms with Crippen LogP contribution in [0.1, 0.15) is 26.7 Å². The van der Waals surface area contributed by atoms with E-state index >= 15 is 0 Å². The largest absolute Gasteiger partial charge is 0.379 e. The van der Waals surface area contributed by atoms with Crippen molar-refractivity contribution in [3.05, 3.63) is 0 Å². The van der Waals surface area contributed by atoms with Crippen molar-refractivity contribution in [1.82, 2.24) is 10.2 Å². The lowest BCUT2D eigenvalue weighted by molar-refractivity contribution is -0.145. The minimum atomic E-state index is -0.281. The maximum absolute atomic E-state index is 12.1. The minimum absolute atomic E-state index is 0.0460. The number of amides is 2. The molecule has 0 aromatic carbocycles. The highest BCUT2D eigenvalue weighted by atomic mass is 16.5. The zero-order valence-corrected chi connectivity index (χ0v) is 11.1. The molecule has 0 bridgehead atoms. The monoisotopic (exact) mass is 254 g/mol. The highest BCUT2D eigenvalue weighted by Crippen LogP contribution is 2.34. The lowest BCUT2D eigenvalue weighted by Gasteiger charge is -2.32. The molecule has 2 fully saturated rings. The fourth-order valence-electron chi connectivity index (χ4n) is 2.16. The molecule has 1 aliphatic carbocycles. The van der Waals surface area contributed by atoms with Crippen molar-refractivity contribution in [2.75, 3.05) is 26.3 Å². The molecule has 0 spiro atoms. The summed E-state index contributed by atoms with van der Waals surface area (Å²) < 4.78 is 5.47. The lowest BCUT2D eigenvalue weighted by Crippen LogP contribution is -2.59. The van der Waals surface area contributed by atoms with E-state index in [9.17, 15) is 9.59 Å². The maximum atomic E-state index is 12.1. The van der Waals surface area contributed by atoms with Gasteiger partial charge >= 0.3 is 0 Å². The van der Waals surface area contributed by atoms with E-state index in [0.29, 0.717) is 31.6 Å². The van der Waals surface area contributed by atoms with Gasteiger partial charge in [0.05, 0.1) is 13.2 Å². The second-order valence-corrected chi connectivity index (χ2v) is 5.61. The number of piperazine rings is 1. The summed E-state index contributed by atoms with van der Waals surface area (Å²) in [6, 6.07) is -0.281. The van der Waals surface area contributed by atoms with Crippen molar-refractivity contribution < 1.29 is 14.3 Å². The summed E-state index contributed by atoms with van der Waals surface area (Å²) in [4.78, 5) is 25.3. The Kier molecular flexibility index (Phi) is 4.22. The molecule has 5 nitrogen and oxygen atoms in total. The Labute approximate surface area is 108 Å². The SMILES string of the molecule is CC(C)COCCN1CC(=O)NC(C2CC2)C1=O. The Bertz CT molecular complexity index is 326. The average molecular weight is 254 g/mol. The number of carbonyl (C=O) groups excluding carboxylic acids is 2. The van der Waals surface area contributed by atoms with Crippen LogP contribution in [0.3, 0.4) is 0 Å². The van der Waals surface area contributed by atoms with Crippen molar-refractivity contribution in [3.8, 4) is 0 Å². The molecular formula is C13H22N2O3. The third kappa shape index (κ3) is 3.45. The minimum Gasteiger partial charge on any atom is -0.379 e. The molecule has 5 heteroatoms. The van der Waals surface area contributed by atoms with Gasteiger partial charge < -0.3 is 15.0 Å². The van der Waals surface area contributed by atoms with Crippen molar-refractivity contribution in [3.63, 3.8) is 0 Å². The van der Waals surface area contributed by atoms with Gasteiger partial charge in [-0.3, -0.25) is 9.59 Å². The first-order chi connectivity index (χ1) is 8.58. The number of nitrogens with zero attached hydrogens (tertiary/aromatic N) is 1. The van der Waals surface area contributed by atoms with Crippen LogP contribution in [0.25, 0.3) is 0 Å². The van der Waals surface area contributed by atoms with E-state index in [4.69, 9.17) is 4.74 Å².